The van der Waals surface area contributed by atoms with Crippen molar-refractivity contribution in [2.75, 3.05) is 18.5 Å². The summed E-state index contributed by atoms with van der Waals surface area (Å²) >= 11 is 3.35. The summed E-state index contributed by atoms with van der Waals surface area (Å²) in [7, 11) is 0. The van der Waals surface area contributed by atoms with Crippen LogP contribution in [-0.4, -0.2) is 36.0 Å². The zero-order valence-electron chi connectivity index (χ0n) is 13.7. The van der Waals surface area contributed by atoms with Crippen LogP contribution in [0.1, 0.15) is 12.0 Å². The van der Waals surface area contributed by atoms with E-state index < -0.39 is 6.10 Å². The average Bonchev–Trinajstić information content (AvgIpc) is 2.61. The second kappa shape index (κ2) is 8.27. The van der Waals surface area contributed by atoms with Crippen molar-refractivity contribution in [3.05, 3.63) is 64.6 Å². The molecule has 0 saturated carbocycles. The molecule has 130 valence electrons. The van der Waals surface area contributed by atoms with Crippen molar-refractivity contribution in [2.24, 2.45) is 0 Å². The molecule has 0 bridgehead atoms. The monoisotopic (exact) mass is 402 g/mol. The van der Waals surface area contributed by atoms with E-state index >= 15 is 0 Å². The van der Waals surface area contributed by atoms with Gasteiger partial charge in [0.05, 0.1) is 13.0 Å². The van der Waals surface area contributed by atoms with Crippen LogP contribution in [0.3, 0.4) is 0 Å². The van der Waals surface area contributed by atoms with Crippen molar-refractivity contribution in [3.63, 3.8) is 0 Å². The number of rotatable bonds is 5. The van der Waals surface area contributed by atoms with Gasteiger partial charge in [-0.05, 0) is 29.8 Å². The Balaban J connectivity index is 1.57. The number of halogens is 1. The van der Waals surface area contributed by atoms with Gasteiger partial charge in [-0.2, -0.15) is 0 Å². The summed E-state index contributed by atoms with van der Waals surface area (Å²) in [4.78, 5) is 26.5. The highest BCUT2D eigenvalue weighted by molar-refractivity contribution is 9.10. The maximum absolute atomic E-state index is 12.6. The van der Waals surface area contributed by atoms with Crippen LogP contribution in [0.25, 0.3) is 0 Å². The molecule has 1 fully saturated rings. The van der Waals surface area contributed by atoms with E-state index in [-0.39, 0.29) is 18.2 Å². The number of benzene rings is 2. The molecule has 1 atom stereocenters. The molecule has 3 rings (SSSR count). The number of nitrogens with zero attached hydrogens (tertiary/aromatic N) is 1. The molecule has 25 heavy (non-hydrogen) atoms. The van der Waals surface area contributed by atoms with E-state index in [2.05, 4.69) is 21.2 Å². The molecule has 1 heterocycles. The number of hydrogen-bond donors (Lipinski definition) is 1. The molecule has 5 nitrogen and oxygen atoms in total. The fourth-order valence-corrected chi connectivity index (χ4v) is 2.98. The van der Waals surface area contributed by atoms with E-state index in [4.69, 9.17) is 4.74 Å². The largest absolute Gasteiger partial charge is 0.366 e. The van der Waals surface area contributed by atoms with Crippen molar-refractivity contribution < 1.29 is 14.3 Å². The van der Waals surface area contributed by atoms with Gasteiger partial charge in [-0.25, -0.2) is 0 Å². The molecule has 0 aliphatic carbocycles. The summed E-state index contributed by atoms with van der Waals surface area (Å²) in [6, 6.07) is 17.1. The van der Waals surface area contributed by atoms with Crippen molar-refractivity contribution in [3.8, 4) is 0 Å². The highest BCUT2D eigenvalue weighted by Crippen LogP contribution is 2.17. The summed E-state index contributed by atoms with van der Waals surface area (Å²) in [5.41, 5.74) is 1.76. The first-order valence-electron chi connectivity index (χ1n) is 8.11. The molecule has 0 aromatic heterocycles. The minimum absolute atomic E-state index is 0.0141. The van der Waals surface area contributed by atoms with Gasteiger partial charge in [-0.15, -0.1) is 0 Å². The Morgan fingerprint density at radius 2 is 1.88 bits per heavy atom. The normalized spacial score (nSPS) is 17.4. The van der Waals surface area contributed by atoms with Crippen LogP contribution in [0.2, 0.25) is 0 Å². The number of ether oxygens (including phenoxy) is 1. The molecule has 1 saturated heterocycles. The standard InChI is InChI=1S/C19H19BrN2O3/c20-15-6-8-16(9-7-15)21-18(23)12-17-19(24)22(10-11-25-17)13-14-4-2-1-3-5-14/h1-9,17H,10-13H2,(H,21,23)/t17-/m1/s1. The summed E-state index contributed by atoms with van der Waals surface area (Å²) in [6.07, 6.45) is -0.715. The van der Waals surface area contributed by atoms with Gasteiger partial charge in [-0.1, -0.05) is 46.3 Å². The molecule has 0 spiro atoms. The average molecular weight is 403 g/mol. The fourth-order valence-electron chi connectivity index (χ4n) is 2.71. The number of amides is 2. The van der Waals surface area contributed by atoms with E-state index in [9.17, 15) is 9.59 Å². The summed E-state index contributed by atoms with van der Waals surface area (Å²) in [6.45, 7) is 1.52. The third-order valence-electron chi connectivity index (χ3n) is 3.98. The minimum atomic E-state index is -0.729. The van der Waals surface area contributed by atoms with Gasteiger partial charge < -0.3 is 15.0 Å². The second-order valence-electron chi connectivity index (χ2n) is 5.86. The van der Waals surface area contributed by atoms with Crippen LogP contribution in [0.4, 0.5) is 5.69 Å². The van der Waals surface area contributed by atoms with Crippen LogP contribution in [0, 0.1) is 0 Å². The topological polar surface area (TPSA) is 58.6 Å². The Morgan fingerprint density at radius 3 is 2.60 bits per heavy atom. The molecule has 1 aliphatic rings. The lowest BCUT2D eigenvalue weighted by Crippen LogP contribution is -2.48. The van der Waals surface area contributed by atoms with E-state index in [1.807, 2.05) is 42.5 Å². The summed E-state index contributed by atoms with van der Waals surface area (Å²) in [5.74, 6) is -0.372. The SMILES string of the molecule is O=C(C[C@H]1OCCN(Cc2ccccc2)C1=O)Nc1ccc(Br)cc1. The smallest absolute Gasteiger partial charge is 0.252 e. The van der Waals surface area contributed by atoms with Gasteiger partial charge in [0, 0.05) is 23.2 Å². The Labute approximate surface area is 155 Å². The van der Waals surface area contributed by atoms with Gasteiger partial charge in [0.15, 0.2) is 0 Å². The molecule has 6 heteroatoms. The predicted molar refractivity (Wildman–Crippen MR) is 99.0 cm³/mol. The maximum Gasteiger partial charge on any atom is 0.252 e. The van der Waals surface area contributed by atoms with Gasteiger partial charge in [0.25, 0.3) is 5.91 Å². The van der Waals surface area contributed by atoms with Crippen molar-refractivity contribution in [1.82, 2.24) is 4.90 Å². The molecule has 1 N–H and O–H groups in total. The van der Waals surface area contributed by atoms with Gasteiger partial charge in [0.1, 0.15) is 6.10 Å². The zero-order valence-corrected chi connectivity index (χ0v) is 15.2. The van der Waals surface area contributed by atoms with Crippen LogP contribution in [-0.2, 0) is 20.9 Å². The molecule has 0 radical (unpaired) electrons. The Morgan fingerprint density at radius 1 is 1.16 bits per heavy atom. The lowest BCUT2D eigenvalue weighted by Gasteiger charge is -2.32. The minimum Gasteiger partial charge on any atom is -0.366 e. The zero-order chi connectivity index (χ0) is 17.6. The third-order valence-corrected chi connectivity index (χ3v) is 4.51. The number of hydrogen-bond acceptors (Lipinski definition) is 3. The summed E-state index contributed by atoms with van der Waals surface area (Å²) in [5, 5.41) is 2.79. The molecule has 2 aromatic carbocycles. The summed E-state index contributed by atoms with van der Waals surface area (Å²) < 4.78 is 6.46. The Kier molecular flexibility index (Phi) is 5.83. The number of nitrogens with one attached hydrogen (secondary N) is 1. The van der Waals surface area contributed by atoms with Crippen LogP contribution >= 0.6 is 15.9 Å². The molecule has 1 aliphatic heterocycles. The van der Waals surface area contributed by atoms with Crippen molar-refractivity contribution >= 4 is 33.4 Å². The molecular weight excluding hydrogens is 384 g/mol. The predicted octanol–water partition coefficient (Wildman–Crippen LogP) is 3.21. The first-order chi connectivity index (χ1) is 12.1. The van der Waals surface area contributed by atoms with E-state index in [0.29, 0.717) is 25.4 Å². The number of anilines is 1. The lowest BCUT2D eigenvalue weighted by atomic mass is 10.1. The van der Waals surface area contributed by atoms with Crippen LogP contribution < -0.4 is 5.32 Å². The molecule has 2 aromatic rings. The number of morpholine rings is 1. The van der Waals surface area contributed by atoms with Gasteiger partial charge in [0.2, 0.25) is 5.91 Å². The molecule has 2 amide bonds. The molecule has 0 unspecified atom stereocenters. The first-order valence-corrected chi connectivity index (χ1v) is 8.91. The van der Waals surface area contributed by atoms with Crippen LogP contribution in [0.15, 0.2) is 59.1 Å². The number of carbonyl (C=O) groups is 2. The Hall–Kier alpha value is -2.18. The molecular formula is C19H19BrN2O3. The second-order valence-corrected chi connectivity index (χ2v) is 6.78. The van der Waals surface area contributed by atoms with Crippen LogP contribution in [0.5, 0.6) is 0 Å². The third kappa shape index (κ3) is 4.90. The number of carbonyl (C=O) groups excluding carboxylic acids is 2. The highest BCUT2D eigenvalue weighted by atomic mass is 79.9. The van der Waals surface area contributed by atoms with Gasteiger partial charge in [-0.3, -0.25) is 9.59 Å². The highest BCUT2D eigenvalue weighted by Gasteiger charge is 2.31. The van der Waals surface area contributed by atoms with Crippen molar-refractivity contribution in [1.29, 1.82) is 0 Å². The maximum atomic E-state index is 12.6. The lowest BCUT2D eigenvalue weighted by molar-refractivity contribution is -0.155. The van der Waals surface area contributed by atoms with Crippen molar-refractivity contribution in [2.45, 2.75) is 19.1 Å². The van der Waals surface area contributed by atoms with E-state index in [0.717, 1.165) is 10.0 Å². The quantitative estimate of drug-likeness (QED) is 0.834. The fraction of sp³-hybridized carbons (Fsp3) is 0.263. The van der Waals surface area contributed by atoms with E-state index in [1.54, 1.807) is 17.0 Å². The van der Waals surface area contributed by atoms with E-state index in [1.165, 1.54) is 0 Å². The first kappa shape index (κ1) is 17.6. The Bertz CT molecular complexity index is 734. The van der Waals surface area contributed by atoms with Gasteiger partial charge >= 0.3 is 0 Å².